The van der Waals surface area contributed by atoms with E-state index >= 15 is 0 Å². The van der Waals surface area contributed by atoms with Gasteiger partial charge < -0.3 is 9.84 Å². The van der Waals surface area contributed by atoms with Gasteiger partial charge >= 0.3 is 0 Å². The van der Waals surface area contributed by atoms with E-state index in [1.807, 2.05) is 24.3 Å². The number of benzene rings is 1. The lowest BCUT2D eigenvalue weighted by Crippen LogP contribution is -2.38. The molecular formula is C15H22BrNO2. The van der Waals surface area contributed by atoms with Gasteiger partial charge in [0.2, 0.25) is 0 Å². The van der Waals surface area contributed by atoms with E-state index in [1.54, 1.807) is 0 Å². The highest BCUT2D eigenvalue weighted by Gasteiger charge is 2.18. The number of ether oxygens (including phenoxy) is 1. The van der Waals surface area contributed by atoms with E-state index < -0.39 is 0 Å². The predicted octanol–water partition coefficient (Wildman–Crippen LogP) is 2.92. The molecule has 0 amide bonds. The van der Waals surface area contributed by atoms with Gasteiger partial charge in [0.15, 0.2) is 0 Å². The van der Waals surface area contributed by atoms with Gasteiger partial charge in [0.05, 0.1) is 0 Å². The highest BCUT2D eigenvalue weighted by molar-refractivity contribution is 9.10. The fraction of sp³-hybridized carbons (Fsp3) is 0.600. The van der Waals surface area contributed by atoms with Crippen LogP contribution in [0.2, 0.25) is 0 Å². The molecule has 0 bridgehead atoms. The quantitative estimate of drug-likeness (QED) is 0.872. The summed E-state index contributed by atoms with van der Waals surface area (Å²) >= 11 is 3.41. The van der Waals surface area contributed by atoms with Crippen LogP contribution in [0, 0.1) is 5.92 Å². The minimum Gasteiger partial charge on any atom is -0.492 e. The summed E-state index contributed by atoms with van der Waals surface area (Å²) in [7, 11) is 0. The Balaban J connectivity index is 1.69. The molecule has 4 heteroatoms. The Morgan fingerprint density at radius 1 is 1.32 bits per heavy atom. The Bertz CT molecular complexity index is 367. The first-order valence-corrected chi connectivity index (χ1v) is 7.79. The van der Waals surface area contributed by atoms with Crippen LogP contribution in [0.4, 0.5) is 0 Å². The van der Waals surface area contributed by atoms with Gasteiger partial charge in [0, 0.05) is 24.2 Å². The second-order valence-corrected chi connectivity index (χ2v) is 6.04. The Morgan fingerprint density at radius 2 is 2.11 bits per heavy atom. The molecule has 1 aliphatic heterocycles. The van der Waals surface area contributed by atoms with Crippen molar-refractivity contribution in [2.45, 2.75) is 19.3 Å². The van der Waals surface area contributed by atoms with E-state index in [0.717, 1.165) is 42.9 Å². The molecule has 1 heterocycles. The van der Waals surface area contributed by atoms with E-state index in [-0.39, 0.29) is 0 Å². The van der Waals surface area contributed by atoms with Crippen LogP contribution in [0.25, 0.3) is 0 Å². The molecule has 0 saturated carbocycles. The number of hydrogen-bond acceptors (Lipinski definition) is 3. The number of aliphatic hydroxyl groups excluding tert-OH is 1. The minimum absolute atomic E-state index is 0.313. The van der Waals surface area contributed by atoms with Gasteiger partial charge in [-0.2, -0.15) is 0 Å². The van der Waals surface area contributed by atoms with E-state index in [2.05, 4.69) is 20.8 Å². The van der Waals surface area contributed by atoms with E-state index in [4.69, 9.17) is 9.84 Å². The minimum atomic E-state index is 0.313. The number of hydrogen-bond donors (Lipinski definition) is 1. The topological polar surface area (TPSA) is 32.7 Å². The van der Waals surface area contributed by atoms with Crippen molar-refractivity contribution < 1.29 is 9.84 Å². The van der Waals surface area contributed by atoms with Crippen LogP contribution in [-0.2, 0) is 0 Å². The molecule has 1 saturated heterocycles. The SMILES string of the molecule is OCCC1CCCN(CCOc2ccc(Br)cc2)C1. The van der Waals surface area contributed by atoms with Gasteiger partial charge in [-0.25, -0.2) is 0 Å². The third-order valence-corrected chi connectivity index (χ3v) is 4.16. The van der Waals surface area contributed by atoms with Crippen LogP contribution in [-0.4, -0.2) is 42.9 Å². The fourth-order valence-electron chi connectivity index (χ4n) is 2.60. The summed E-state index contributed by atoms with van der Waals surface area (Å²) in [4.78, 5) is 2.45. The van der Waals surface area contributed by atoms with Crippen molar-refractivity contribution in [3.05, 3.63) is 28.7 Å². The van der Waals surface area contributed by atoms with Crippen LogP contribution in [0.15, 0.2) is 28.7 Å². The average Bonchev–Trinajstić information content (AvgIpc) is 2.42. The molecule has 106 valence electrons. The number of nitrogens with zero attached hydrogens (tertiary/aromatic N) is 1. The van der Waals surface area contributed by atoms with Crippen LogP contribution in [0.3, 0.4) is 0 Å². The molecule has 1 aliphatic rings. The van der Waals surface area contributed by atoms with Gasteiger partial charge in [-0.1, -0.05) is 15.9 Å². The van der Waals surface area contributed by atoms with Gasteiger partial charge in [0.25, 0.3) is 0 Å². The van der Waals surface area contributed by atoms with Crippen LogP contribution < -0.4 is 4.74 Å². The van der Waals surface area contributed by atoms with Crippen molar-refractivity contribution in [2.24, 2.45) is 5.92 Å². The van der Waals surface area contributed by atoms with Crippen molar-refractivity contribution in [3.63, 3.8) is 0 Å². The lowest BCUT2D eigenvalue weighted by atomic mass is 9.95. The molecular weight excluding hydrogens is 306 g/mol. The Labute approximate surface area is 123 Å². The largest absolute Gasteiger partial charge is 0.492 e. The molecule has 1 atom stereocenters. The summed E-state index contributed by atoms with van der Waals surface area (Å²) in [6, 6.07) is 7.95. The first-order valence-electron chi connectivity index (χ1n) is 6.99. The van der Waals surface area contributed by atoms with Crippen LogP contribution in [0.5, 0.6) is 5.75 Å². The van der Waals surface area contributed by atoms with Crippen LogP contribution in [0.1, 0.15) is 19.3 Å². The molecule has 0 spiro atoms. The van der Waals surface area contributed by atoms with Crippen molar-refractivity contribution in [3.8, 4) is 5.75 Å². The standard InChI is InChI=1S/C15H22BrNO2/c16-14-3-5-15(6-4-14)19-11-9-17-8-1-2-13(12-17)7-10-18/h3-6,13,18H,1-2,7-12H2. The van der Waals surface area contributed by atoms with Crippen LogP contribution >= 0.6 is 15.9 Å². The van der Waals surface area contributed by atoms with E-state index in [9.17, 15) is 0 Å². The molecule has 1 fully saturated rings. The van der Waals surface area contributed by atoms with E-state index in [0.29, 0.717) is 12.5 Å². The maximum atomic E-state index is 9.00. The zero-order valence-corrected chi connectivity index (χ0v) is 12.8. The lowest BCUT2D eigenvalue weighted by molar-refractivity contribution is 0.129. The van der Waals surface area contributed by atoms with Crippen molar-refractivity contribution in [1.29, 1.82) is 0 Å². The molecule has 2 rings (SSSR count). The maximum absolute atomic E-state index is 9.00. The lowest BCUT2D eigenvalue weighted by Gasteiger charge is -2.32. The van der Waals surface area contributed by atoms with Crippen molar-refractivity contribution >= 4 is 15.9 Å². The number of halogens is 1. The van der Waals surface area contributed by atoms with Gasteiger partial charge in [0.1, 0.15) is 12.4 Å². The van der Waals surface area contributed by atoms with Crippen molar-refractivity contribution in [1.82, 2.24) is 4.90 Å². The smallest absolute Gasteiger partial charge is 0.119 e. The second kappa shape index (κ2) is 7.88. The second-order valence-electron chi connectivity index (χ2n) is 5.12. The fourth-order valence-corrected chi connectivity index (χ4v) is 2.86. The first-order chi connectivity index (χ1) is 9.28. The number of piperidine rings is 1. The Morgan fingerprint density at radius 3 is 2.84 bits per heavy atom. The first kappa shape index (κ1) is 14.8. The normalized spacial score (nSPS) is 20.4. The molecule has 0 aliphatic carbocycles. The number of aliphatic hydroxyl groups is 1. The highest BCUT2D eigenvalue weighted by Crippen LogP contribution is 2.19. The summed E-state index contributed by atoms with van der Waals surface area (Å²) in [6.07, 6.45) is 3.43. The Hall–Kier alpha value is -0.580. The molecule has 1 aromatic rings. The van der Waals surface area contributed by atoms with E-state index in [1.165, 1.54) is 12.8 Å². The van der Waals surface area contributed by atoms with Gasteiger partial charge in [-0.05, 0) is 56.0 Å². The monoisotopic (exact) mass is 327 g/mol. The molecule has 1 N–H and O–H groups in total. The zero-order chi connectivity index (χ0) is 13.5. The average molecular weight is 328 g/mol. The highest BCUT2D eigenvalue weighted by atomic mass is 79.9. The van der Waals surface area contributed by atoms with Gasteiger partial charge in [-0.3, -0.25) is 4.90 Å². The number of rotatable bonds is 6. The third kappa shape index (κ3) is 5.13. The third-order valence-electron chi connectivity index (χ3n) is 3.63. The molecule has 1 aromatic carbocycles. The maximum Gasteiger partial charge on any atom is 0.119 e. The van der Waals surface area contributed by atoms with Gasteiger partial charge in [-0.15, -0.1) is 0 Å². The molecule has 0 aromatic heterocycles. The molecule has 1 unspecified atom stereocenters. The molecule has 3 nitrogen and oxygen atoms in total. The summed E-state index contributed by atoms with van der Waals surface area (Å²) < 4.78 is 6.82. The summed E-state index contributed by atoms with van der Waals surface area (Å²) in [5, 5.41) is 9.00. The number of likely N-dealkylation sites (tertiary alicyclic amines) is 1. The zero-order valence-electron chi connectivity index (χ0n) is 11.2. The molecule has 0 radical (unpaired) electrons. The summed E-state index contributed by atoms with van der Waals surface area (Å²) in [5.74, 6) is 1.58. The Kier molecular flexibility index (Phi) is 6.14. The van der Waals surface area contributed by atoms with Crippen molar-refractivity contribution in [2.75, 3.05) is 32.8 Å². The summed E-state index contributed by atoms with van der Waals surface area (Å²) in [5.41, 5.74) is 0. The molecule has 19 heavy (non-hydrogen) atoms. The summed E-state index contributed by atoms with van der Waals surface area (Å²) in [6.45, 7) is 4.27. The predicted molar refractivity (Wildman–Crippen MR) is 80.5 cm³/mol.